The van der Waals surface area contributed by atoms with Gasteiger partial charge in [0, 0.05) is 19.2 Å². The molecule has 1 N–H and O–H groups in total. The Labute approximate surface area is 174 Å². The molecule has 1 aromatic heterocycles. The Bertz CT molecular complexity index is 927. The van der Waals surface area contributed by atoms with Gasteiger partial charge in [-0.2, -0.15) is 0 Å². The number of hydrogen-bond acceptors (Lipinski definition) is 5. The third kappa shape index (κ3) is 5.48. The summed E-state index contributed by atoms with van der Waals surface area (Å²) >= 11 is 0. The minimum Gasteiger partial charge on any atom is -0.473 e. The lowest BCUT2D eigenvalue weighted by Gasteiger charge is -2.16. The lowest BCUT2D eigenvalue weighted by molar-refractivity contribution is 0.193. The van der Waals surface area contributed by atoms with Crippen LogP contribution in [0.1, 0.15) is 50.8 Å². The number of rotatable bonds is 8. The van der Waals surface area contributed by atoms with Gasteiger partial charge in [0.15, 0.2) is 0 Å². The van der Waals surface area contributed by atoms with E-state index in [0.29, 0.717) is 23.2 Å². The Kier molecular flexibility index (Phi) is 6.80. The number of likely N-dealkylation sites (tertiary alicyclic amines) is 1. The number of benzene rings is 1. The summed E-state index contributed by atoms with van der Waals surface area (Å²) in [5.74, 6) is 0.891. The molecule has 0 bridgehead atoms. The maximum atomic E-state index is 12.7. The van der Waals surface area contributed by atoms with Crippen molar-refractivity contribution in [2.45, 2.75) is 57.5 Å². The molecule has 1 aromatic carbocycles. The minimum absolute atomic E-state index is 0.135. The smallest absolute Gasteiger partial charge is 0.261 e. The summed E-state index contributed by atoms with van der Waals surface area (Å²) < 4.78 is 34.1. The second-order valence-corrected chi connectivity index (χ2v) is 9.62. The first-order valence-electron chi connectivity index (χ1n) is 10.3. The quantitative estimate of drug-likeness (QED) is 0.698. The van der Waals surface area contributed by atoms with Crippen molar-refractivity contribution in [3.8, 4) is 5.88 Å². The maximum Gasteiger partial charge on any atom is 0.261 e. The molecular formula is C22H31N3O3S. The van der Waals surface area contributed by atoms with Crippen molar-refractivity contribution in [2.24, 2.45) is 0 Å². The highest BCUT2D eigenvalue weighted by Gasteiger charge is 2.24. The molecule has 0 saturated carbocycles. The van der Waals surface area contributed by atoms with Crippen LogP contribution in [0.3, 0.4) is 0 Å². The van der Waals surface area contributed by atoms with E-state index in [9.17, 15) is 8.42 Å². The molecule has 3 rings (SSSR count). The molecule has 29 heavy (non-hydrogen) atoms. The van der Waals surface area contributed by atoms with E-state index in [0.717, 1.165) is 38.0 Å². The van der Waals surface area contributed by atoms with Crippen LogP contribution in [0.4, 0.5) is 5.69 Å². The fourth-order valence-electron chi connectivity index (χ4n) is 3.53. The molecule has 0 spiro atoms. The van der Waals surface area contributed by atoms with Gasteiger partial charge in [0.05, 0.1) is 16.3 Å². The van der Waals surface area contributed by atoms with Crippen LogP contribution in [0.15, 0.2) is 41.3 Å². The van der Waals surface area contributed by atoms with E-state index in [1.807, 2.05) is 12.1 Å². The number of hydrogen-bond donors (Lipinski definition) is 1. The largest absolute Gasteiger partial charge is 0.473 e. The fourth-order valence-corrected chi connectivity index (χ4v) is 4.65. The maximum absolute atomic E-state index is 12.7. The Hall–Kier alpha value is -2.12. The van der Waals surface area contributed by atoms with Crippen molar-refractivity contribution >= 4 is 15.7 Å². The van der Waals surface area contributed by atoms with Gasteiger partial charge in [0.2, 0.25) is 5.88 Å². The SMILES string of the molecule is CCCN1CCC(Oc2ccc(NS(=O)(=O)c3ccc(C(C)C)cc3)c(C)n2)C1. The molecule has 1 atom stereocenters. The molecular weight excluding hydrogens is 386 g/mol. The van der Waals surface area contributed by atoms with Crippen LogP contribution in [0.5, 0.6) is 5.88 Å². The number of anilines is 1. The Morgan fingerprint density at radius 2 is 1.93 bits per heavy atom. The van der Waals surface area contributed by atoms with Gasteiger partial charge in [0.1, 0.15) is 6.10 Å². The fraction of sp³-hybridized carbons (Fsp3) is 0.500. The lowest BCUT2D eigenvalue weighted by Crippen LogP contribution is -2.25. The van der Waals surface area contributed by atoms with E-state index < -0.39 is 10.0 Å². The summed E-state index contributed by atoms with van der Waals surface area (Å²) in [4.78, 5) is 7.09. The highest BCUT2D eigenvalue weighted by Crippen LogP contribution is 2.24. The Morgan fingerprint density at radius 3 is 2.55 bits per heavy atom. The van der Waals surface area contributed by atoms with E-state index in [1.165, 1.54) is 0 Å². The zero-order chi connectivity index (χ0) is 21.0. The molecule has 2 heterocycles. The topological polar surface area (TPSA) is 71.5 Å². The average molecular weight is 418 g/mol. The molecule has 2 aromatic rings. The van der Waals surface area contributed by atoms with Crippen LogP contribution in [0.2, 0.25) is 0 Å². The Balaban J connectivity index is 1.67. The first-order chi connectivity index (χ1) is 13.8. The number of sulfonamides is 1. The van der Waals surface area contributed by atoms with Gasteiger partial charge < -0.3 is 4.74 Å². The van der Waals surface area contributed by atoms with Crippen molar-refractivity contribution in [1.29, 1.82) is 0 Å². The summed E-state index contributed by atoms with van der Waals surface area (Å²) in [6.45, 7) is 11.2. The lowest BCUT2D eigenvalue weighted by atomic mass is 10.0. The predicted octanol–water partition coefficient (Wildman–Crippen LogP) is 4.18. The van der Waals surface area contributed by atoms with Crippen LogP contribution in [0.25, 0.3) is 0 Å². The monoisotopic (exact) mass is 417 g/mol. The van der Waals surface area contributed by atoms with E-state index in [2.05, 4.69) is 35.4 Å². The van der Waals surface area contributed by atoms with Crippen LogP contribution in [0, 0.1) is 6.92 Å². The normalized spacial score (nSPS) is 17.6. The Morgan fingerprint density at radius 1 is 1.21 bits per heavy atom. The van der Waals surface area contributed by atoms with E-state index >= 15 is 0 Å². The van der Waals surface area contributed by atoms with Gasteiger partial charge in [-0.25, -0.2) is 13.4 Å². The van der Waals surface area contributed by atoms with Gasteiger partial charge in [-0.05, 0) is 56.0 Å². The minimum atomic E-state index is -3.66. The van der Waals surface area contributed by atoms with Crippen molar-refractivity contribution < 1.29 is 13.2 Å². The second kappa shape index (κ2) is 9.13. The van der Waals surface area contributed by atoms with Gasteiger partial charge in [-0.1, -0.05) is 32.9 Å². The van der Waals surface area contributed by atoms with E-state index in [4.69, 9.17) is 4.74 Å². The second-order valence-electron chi connectivity index (χ2n) is 7.94. The third-order valence-corrected chi connectivity index (χ3v) is 6.60. The van der Waals surface area contributed by atoms with Crippen molar-refractivity contribution in [1.82, 2.24) is 9.88 Å². The summed E-state index contributed by atoms with van der Waals surface area (Å²) in [7, 11) is -3.66. The van der Waals surface area contributed by atoms with Crippen LogP contribution in [-0.4, -0.2) is 44.0 Å². The molecule has 6 nitrogen and oxygen atoms in total. The molecule has 1 aliphatic heterocycles. The number of ether oxygens (including phenoxy) is 1. The highest BCUT2D eigenvalue weighted by molar-refractivity contribution is 7.92. The highest BCUT2D eigenvalue weighted by atomic mass is 32.2. The van der Waals surface area contributed by atoms with Gasteiger partial charge in [0.25, 0.3) is 10.0 Å². The summed E-state index contributed by atoms with van der Waals surface area (Å²) in [6, 6.07) is 10.4. The summed E-state index contributed by atoms with van der Waals surface area (Å²) in [5, 5.41) is 0. The summed E-state index contributed by atoms with van der Waals surface area (Å²) in [6.07, 6.45) is 2.26. The molecule has 0 radical (unpaired) electrons. The summed E-state index contributed by atoms with van der Waals surface area (Å²) in [5.41, 5.74) is 2.16. The molecule has 1 fully saturated rings. The van der Waals surface area contributed by atoms with Gasteiger partial charge in [-0.15, -0.1) is 0 Å². The zero-order valence-electron chi connectivity index (χ0n) is 17.7. The number of aryl methyl sites for hydroxylation is 1. The number of nitrogens with zero attached hydrogens (tertiary/aromatic N) is 2. The van der Waals surface area contributed by atoms with Crippen molar-refractivity contribution in [3.05, 3.63) is 47.7 Å². The van der Waals surface area contributed by atoms with Gasteiger partial charge >= 0.3 is 0 Å². The van der Waals surface area contributed by atoms with Crippen molar-refractivity contribution in [3.63, 3.8) is 0 Å². The van der Waals surface area contributed by atoms with Crippen LogP contribution < -0.4 is 9.46 Å². The molecule has 1 aliphatic rings. The molecule has 1 unspecified atom stereocenters. The van der Waals surface area contributed by atoms with E-state index in [-0.39, 0.29) is 11.0 Å². The van der Waals surface area contributed by atoms with Crippen LogP contribution in [-0.2, 0) is 10.0 Å². The predicted molar refractivity (Wildman–Crippen MR) is 116 cm³/mol. The number of aromatic nitrogens is 1. The van der Waals surface area contributed by atoms with E-state index in [1.54, 1.807) is 31.2 Å². The zero-order valence-corrected chi connectivity index (χ0v) is 18.5. The molecule has 158 valence electrons. The first-order valence-corrected chi connectivity index (χ1v) is 11.8. The molecule has 0 aliphatic carbocycles. The van der Waals surface area contributed by atoms with Crippen LogP contribution >= 0.6 is 0 Å². The third-order valence-electron chi connectivity index (χ3n) is 5.22. The number of nitrogens with one attached hydrogen (secondary N) is 1. The first kappa shape index (κ1) is 21.6. The average Bonchev–Trinajstić information content (AvgIpc) is 3.11. The van der Waals surface area contributed by atoms with Gasteiger partial charge in [-0.3, -0.25) is 9.62 Å². The number of pyridine rings is 1. The van der Waals surface area contributed by atoms with Crippen molar-refractivity contribution in [2.75, 3.05) is 24.4 Å². The molecule has 7 heteroatoms. The molecule has 1 saturated heterocycles. The molecule has 0 amide bonds. The standard InChI is InChI=1S/C22H31N3O3S/c1-5-13-25-14-12-19(15-25)28-22-11-10-21(17(4)23-22)24-29(26,27)20-8-6-18(7-9-20)16(2)3/h6-11,16,19,24H,5,12-15H2,1-4H3.